The quantitative estimate of drug-likeness (QED) is 0.879. The summed E-state index contributed by atoms with van der Waals surface area (Å²) in [6, 6.07) is 9.55. The van der Waals surface area contributed by atoms with Crippen molar-refractivity contribution in [3.63, 3.8) is 0 Å². The Balaban J connectivity index is 2.52. The molecule has 1 aromatic carbocycles. The van der Waals surface area contributed by atoms with Gasteiger partial charge in [0, 0.05) is 11.5 Å². The van der Waals surface area contributed by atoms with Crippen LogP contribution in [0.3, 0.4) is 0 Å². The number of carbonyl (C=O) groups is 1. The van der Waals surface area contributed by atoms with Crippen LogP contribution in [0.4, 0.5) is 10.6 Å². The van der Waals surface area contributed by atoms with E-state index in [2.05, 4.69) is 10.4 Å². The summed E-state index contributed by atoms with van der Waals surface area (Å²) in [5, 5.41) is 15.9. The Hall–Kier alpha value is -2.30. The Morgan fingerprint density at radius 2 is 1.85 bits per heavy atom. The van der Waals surface area contributed by atoms with Crippen molar-refractivity contribution in [2.24, 2.45) is 0 Å². The van der Waals surface area contributed by atoms with Gasteiger partial charge in [0.05, 0.1) is 11.4 Å². The predicted octanol–water partition coefficient (Wildman–Crippen LogP) is 3.57. The van der Waals surface area contributed by atoms with Gasteiger partial charge >= 0.3 is 6.09 Å². The zero-order valence-electron chi connectivity index (χ0n) is 12.1. The Kier molecular flexibility index (Phi) is 3.53. The van der Waals surface area contributed by atoms with Crippen LogP contribution in [0.15, 0.2) is 30.3 Å². The lowest BCUT2D eigenvalue weighted by atomic mass is 9.92. The highest BCUT2D eigenvalue weighted by Crippen LogP contribution is 2.26. The highest BCUT2D eigenvalue weighted by atomic mass is 16.4. The SMILES string of the molecule is Cc1ccc(-n2nc(C(C)(C)C)cc2NC(=O)O)cc1. The molecular formula is C15H19N3O2. The van der Waals surface area contributed by atoms with E-state index in [1.165, 1.54) is 0 Å². The van der Waals surface area contributed by atoms with Crippen molar-refractivity contribution in [1.29, 1.82) is 0 Å². The standard InChI is InChI=1S/C15H19N3O2/c1-10-5-7-11(8-6-10)18-13(16-14(19)20)9-12(17-18)15(2,3)4/h5-9,16H,1-4H3,(H,19,20). The van der Waals surface area contributed by atoms with E-state index >= 15 is 0 Å². The van der Waals surface area contributed by atoms with Gasteiger partial charge in [0.1, 0.15) is 5.82 Å². The number of amides is 1. The molecule has 0 unspecified atom stereocenters. The van der Waals surface area contributed by atoms with Crippen molar-refractivity contribution in [2.75, 3.05) is 5.32 Å². The lowest BCUT2D eigenvalue weighted by Crippen LogP contribution is -2.13. The van der Waals surface area contributed by atoms with Gasteiger partial charge in [-0.2, -0.15) is 5.10 Å². The topological polar surface area (TPSA) is 67.2 Å². The third kappa shape index (κ3) is 2.99. The zero-order valence-corrected chi connectivity index (χ0v) is 12.1. The van der Waals surface area contributed by atoms with Crippen LogP contribution < -0.4 is 5.32 Å². The monoisotopic (exact) mass is 273 g/mol. The smallest absolute Gasteiger partial charge is 0.410 e. The number of aromatic nitrogens is 2. The van der Waals surface area contributed by atoms with Gasteiger partial charge in [0.2, 0.25) is 0 Å². The average molecular weight is 273 g/mol. The van der Waals surface area contributed by atoms with Crippen LogP contribution in [-0.4, -0.2) is 21.0 Å². The Morgan fingerprint density at radius 1 is 1.25 bits per heavy atom. The number of hydrogen-bond acceptors (Lipinski definition) is 2. The molecular weight excluding hydrogens is 254 g/mol. The lowest BCUT2D eigenvalue weighted by molar-refractivity contribution is 0.209. The molecule has 0 saturated heterocycles. The maximum atomic E-state index is 10.9. The van der Waals surface area contributed by atoms with Gasteiger partial charge in [-0.3, -0.25) is 5.32 Å². The van der Waals surface area contributed by atoms with E-state index in [9.17, 15) is 4.79 Å². The summed E-state index contributed by atoms with van der Waals surface area (Å²) in [6.07, 6.45) is -1.10. The summed E-state index contributed by atoms with van der Waals surface area (Å²) >= 11 is 0. The van der Waals surface area contributed by atoms with Gasteiger partial charge in [-0.25, -0.2) is 9.48 Å². The molecule has 106 valence electrons. The van der Waals surface area contributed by atoms with E-state index in [-0.39, 0.29) is 5.41 Å². The molecule has 2 aromatic rings. The molecule has 1 heterocycles. The number of aryl methyl sites for hydroxylation is 1. The van der Waals surface area contributed by atoms with Gasteiger partial charge in [-0.1, -0.05) is 38.5 Å². The van der Waals surface area contributed by atoms with Gasteiger partial charge < -0.3 is 5.11 Å². The summed E-state index contributed by atoms with van der Waals surface area (Å²) in [5.74, 6) is 0.450. The van der Waals surface area contributed by atoms with Crippen LogP contribution in [0.25, 0.3) is 5.69 Å². The lowest BCUT2D eigenvalue weighted by Gasteiger charge is -2.14. The van der Waals surface area contributed by atoms with Crippen molar-refractivity contribution in [3.05, 3.63) is 41.6 Å². The first-order valence-corrected chi connectivity index (χ1v) is 6.45. The maximum absolute atomic E-state index is 10.9. The van der Waals surface area contributed by atoms with E-state index in [0.29, 0.717) is 5.82 Å². The van der Waals surface area contributed by atoms with Gasteiger partial charge in [0.15, 0.2) is 0 Å². The summed E-state index contributed by atoms with van der Waals surface area (Å²) < 4.78 is 1.62. The highest BCUT2D eigenvalue weighted by Gasteiger charge is 2.21. The van der Waals surface area contributed by atoms with E-state index in [1.807, 2.05) is 52.0 Å². The first-order chi connectivity index (χ1) is 9.27. The number of anilines is 1. The average Bonchev–Trinajstić information content (AvgIpc) is 2.73. The Morgan fingerprint density at radius 3 is 2.35 bits per heavy atom. The van der Waals surface area contributed by atoms with Gasteiger partial charge in [-0.05, 0) is 19.1 Å². The molecule has 0 spiro atoms. The number of rotatable bonds is 2. The first kappa shape index (κ1) is 14.1. The van der Waals surface area contributed by atoms with Gasteiger partial charge in [0.25, 0.3) is 0 Å². The van der Waals surface area contributed by atoms with E-state index in [1.54, 1.807) is 10.7 Å². The molecule has 2 rings (SSSR count). The van der Waals surface area contributed by atoms with Crippen LogP contribution in [0.2, 0.25) is 0 Å². The summed E-state index contributed by atoms with van der Waals surface area (Å²) in [5.41, 5.74) is 2.66. The molecule has 1 amide bonds. The minimum absolute atomic E-state index is 0.148. The molecule has 0 bridgehead atoms. The molecule has 0 aliphatic rings. The fraction of sp³-hybridized carbons (Fsp3) is 0.333. The Labute approximate surface area is 118 Å². The molecule has 1 aromatic heterocycles. The molecule has 0 saturated carbocycles. The van der Waals surface area contributed by atoms with Crippen LogP contribution in [0, 0.1) is 6.92 Å². The zero-order chi connectivity index (χ0) is 14.9. The molecule has 2 N–H and O–H groups in total. The molecule has 0 aliphatic carbocycles. The Bertz CT molecular complexity index is 622. The number of carboxylic acid groups (broad SMARTS) is 1. The highest BCUT2D eigenvalue weighted by molar-refractivity contribution is 5.82. The summed E-state index contributed by atoms with van der Waals surface area (Å²) in [6.45, 7) is 8.13. The molecule has 0 aliphatic heterocycles. The van der Waals surface area contributed by atoms with Gasteiger partial charge in [-0.15, -0.1) is 0 Å². The van der Waals surface area contributed by atoms with Crippen LogP contribution >= 0.6 is 0 Å². The summed E-state index contributed by atoms with van der Waals surface area (Å²) in [4.78, 5) is 10.9. The maximum Gasteiger partial charge on any atom is 0.410 e. The normalized spacial score (nSPS) is 11.4. The number of nitrogens with one attached hydrogen (secondary N) is 1. The molecule has 5 nitrogen and oxygen atoms in total. The second kappa shape index (κ2) is 5.00. The van der Waals surface area contributed by atoms with Crippen molar-refractivity contribution in [2.45, 2.75) is 33.1 Å². The number of benzene rings is 1. The van der Waals surface area contributed by atoms with Crippen molar-refractivity contribution in [1.82, 2.24) is 9.78 Å². The van der Waals surface area contributed by atoms with Crippen LogP contribution in [0.5, 0.6) is 0 Å². The third-order valence-corrected chi connectivity index (χ3v) is 2.99. The van der Waals surface area contributed by atoms with Crippen LogP contribution in [-0.2, 0) is 5.41 Å². The van der Waals surface area contributed by atoms with E-state index in [4.69, 9.17) is 5.11 Å². The van der Waals surface area contributed by atoms with Crippen molar-refractivity contribution in [3.8, 4) is 5.69 Å². The molecule has 0 atom stereocenters. The van der Waals surface area contributed by atoms with E-state index in [0.717, 1.165) is 16.9 Å². The molecule has 0 fully saturated rings. The fourth-order valence-corrected chi connectivity index (χ4v) is 1.83. The summed E-state index contributed by atoms with van der Waals surface area (Å²) in [7, 11) is 0. The van der Waals surface area contributed by atoms with E-state index < -0.39 is 6.09 Å². The third-order valence-electron chi connectivity index (χ3n) is 2.99. The predicted molar refractivity (Wildman–Crippen MR) is 78.6 cm³/mol. The molecule has 5 heteroatoms. The first-order valence-electron chi connectivity index (χ1n) is 6.45. The van der Waals surface area contributed by atoms with Crippen molar-refractivity contribution < 1.29 is 9.90 Å². The fourth-order valence-electron chi connectivity index (χ4n) is 1.83. The van der Waals surface area contributed by atoms with Crippen molar-refractivity contribution >= 4 is 11.9 Å². The molecule has 20 heavy (non-hydrogen) atoms. The second-order valence-electron chi connectivity index (χ2n) is 5.84. The number of nitrogens with zero attached hydrogens (tertiary/aromatic N) is 2. The second-order valence-corrected chi connectivity index (χ2v) is 5.84. The number of hydrogen-bond donors (Lipinski definition) is 2. The minimum atomic E-state index is -1.10. The van der Waals surface area contributed by atoms with Crippen LogP contribution in [0.1, 0.15) is 32.0 Å². The molecule has 0 radical (unpaired) electrons. The largest absolute Gasteiger partial charge is 0.465 e. The minimum Gasteiger partial charge on any atom is -0.465 e.